The summed E-state index contributed by atoms with van der Waals surface area (Å²) in [7, 11) is 0. The molecule has 0 spiro atoms. The number of imidazole rings is 1. The molecule has 0 aliphatic carbocycles. The Morgan fingerprint density at radius 2 is 2.00 bits per heavy atom. The second-order valence-corrected chi connectivity index (χ2v) is 5.79. The molecule has 0 bridgehead atoms. The van der Waals surface area contributed by atoms with Gasteiger partial charge in [-0.3, -0.25) is 0 Å². The molecule has 1 fully saturated rings. The molecule has 2 aromatic rings. The minimum absolute atomic E-state index is 0.0557. The van der Waals surface area contributed by atoms with E-state index in [9.17, 15) is 23.1 Å². The average molecular weight is 338 g/mol. The van der Waals surface area contributed by atoms with Crippen LogP contribution in [0.3, 0.4) is 0 Å². The van der Waals surface area contributed by atoms with Crippen LogP contribution in [-0.4, -0.2) is 34.1 Å². The molecule has 5 nitrogen and oxygen atoms in total. The predicted octanol–water partition coefficient (Wildman–Crippen LogP) is 2.62. The number of benzene rings is 1. The van der Waals surface area contributed by atoms with Crippen LogP contribution in [0.25, 0.3) is 11.3 Å². The van der Waals surface area contributed by atoms with E-state index in [4.69, 9.17) is 0 Å². The van der Waals surface area contributed by atoms with Gasteiger partial charge in [0.25, 0.3) is 0 Å². The van der Waals surface area contributed by atoms with Crippen molar-refractivity contribution in [2.45, 2.75) is 24.9 Å². The Kier molecular flexibility index (Phi) is 4.21. The maximum atomic E-state index is 12.8. The number of hydrogen-bond acceptors (Lipinski definition) is 3. The number of alkyl halides is 3. The van der Waals surface area contributed by atoms with E-state index >= 15 is 0 Å². The highest BCUT2D eigenvalue weighted by Crippen LogP contribution is 2.32. The van der Waals surface area contributed by atoms with Crippen molar-refractivity contribution < 1.29 is 23.1 Å². The van der Waals surface area contributed by atoms with Crippen molar-refractivity contribution in [1.29, 1.82) is 0 Å². The molecule has 1 saturated heterocycles. The fourth-order valence-corrected chi connectivity index (χ4v) is 2.89. The topological polar surface area (TPSA) is 72.0 Å². The second kappa shape index (κ2) is 6.18. The first kappa shape index (κ1) is 16.4. The Hall–Kier alpha value is -2.51. The quantitative estimate of drug-likeness (QED) is 0.915. The number of amides is 1. The first-order chi connectivity index (χ1) is 11.3. The number of carboxylic acid groups (broad SMARTS) is 1. The molecule has 2 heterocycles. The number of aromatic amines is 1. The van der Waals surface area contributed by atoms with E-state index in [-0.39, 0.29) is 5.92 Å². The number of aromatic nitrogens is 2. The first-order valence-corrected chi connectivity index (χ1v) is 7.53. The summed E-state index contributed by atoms with van der Waals surface area (Å²) >= 11 is 0. The minimum atomic E-state index is -4.39. The minimum Gasteiger partial charge on any atom is -0.530 e. The maximum absolute atomic E-state index is 12.8. The van der Waals surface area contributed by atoms with E-state index in [1.165, 1.54) is 17.2 Å². The van der Waals surface area contributed by atoms with Gasteiger partial charge in [0.05, 0.1) is 17.5 Å². The third-order valence-corrected chi connectivity index (χ3v) is 4.24. The Labute approximate surface area is 136 Å². The average Bonchev–Trinajstić information content (AvgIpc) is 3.04. The maximum Gasteiger partial charge on any atom is 0.416 e. The lowest BCUT2D eigenvalue weighted by atomic mass is 9.96. The van der Waals surface area contributed by atoms with Gasteiger partial charge in [0.1, 0.15) is 11.9 Å². The molecule has 1 N–H and O–H groups in total. The lowest BCUT2D eigenvalue weighted by Gasteiger charge is -2.32. The molecule has 1 aromatic heterocycles. The number of H-pyrrole nitrogens is 1. The number of halogens is 3. The van der Waals surface area contributed by atoms with E-state index in [0.29, 0.717) is 43.0 Å². The molecule has 128 valence electrons. The zero-order chi connectivity index (χ0) is 17.3. The highest BCUT2D eigenvalue weighted by atomic mass is 19.4. The van der Waals surface area contributed by atoms with Gasteiger partial charge in [0.15, 0.2) is 0 Å². The van der Waals surface area contributed by atoms with Gasteiger partial charge in [-0.15, -0.1) is 0 Å². The highest BCUT2D eigenvalue weighted by Gasteiger charge is 2.30. The van der Waals surface area contributed by atoms with Gasteiger partial charge in [-0.25, -0.2) is 4.98 Å². The van der Waals surface area contributed by atoms with Crippen LogP contribution >= 0.6 is 0 Å². The van der Waals surface area contributed by atoms with Gasteiger partial charge in [0.2, 0.25) is 0 Å². The van der Waals surface area contributed by atoms with Crippen LogP contribution in [0.15, 0.2) is 30.5 Å². The summed E-state index contributed by atoms with van der Waals surface area (Å²) in [6, 6.07) is 5.05. The first-order valence-electron chi connectivity index (χ1n) is 7.53. The summed E-state index contributed by atoms with van der Waals surface area (Å²) < 4.78 is 38.4. The Morgan fingerprint density at radius 1 is 1.29 bits per heavy atom. The van der Waals surface area contributed by atoms with Crippen molar-refractivity contribution in [3.05, 3.63) is 41.9 Å². The molecular weight excluding hydrogens is 323 g/mol. The van der Waals surface area contributed by atoms with E-state index < -0.39 is 17.8 Å². The van der Waals surface area contributed by atoms with Crippen molar-refractivity contribution in [3.8, 4) is 11.3 Å². The molecular formula is C16H15F3N3O2-. The molecule has 1 aliphatic rings. The highest BCUT2D eigenvalue weighted by molar-refractivity contribution is 5.62. The number of nitrogens with one attached hydrogen (secondary N) is 1. The van der Waals surface area contributed by atoms with Crippen LogP contribution in [0.5, 0.6) is 0 Å². The molecule has 8 heteroatoms. The van der Waals surface area contributed by atoms with Crippen molar-refractivity contribution >= 4 is 6.09 Å². The fourth-order valence-electron chi connectivity index (χ4n) is 2.89. The smallest absolute Gasteiger partial charge is 0.416 e. The van der Waals surface area contributed by atoms with Gasteiger partial charge in [-0.2, -0.15) is 13.2 Å². The summed E-state index contributed by atoms with van der Waals surface area (Å²) in [4.78, 5) is 19.4. The molecule has 0 unspecified atom stereocenters. The Bertz CT molecular complexity index is 734. The molecule has 0 atom stereocenters. The number of carbonyl (C=O) groups is 1. The summed E-state index contributed by atoms with van der Waals surface area (Å²) in [5, 5.41) is 10.8. The summed E-state index contributed by atoms with van der Waals surface area (Å²) in [5.74, 6) is 0.723. The van der Waals surface area contributed by atoms with Crippen molar-refractivity contribution in [2.75, 3.05) is 13.1 Å². The number of hydrogen-bond donors (Lipinski definition) is 1. The summed E-state index contributed by atoms with van der Waals surface area (Å²) in [6.45, 7) is 0.735. The van der Waals surface area contributed by atoms with Crippen LogP contribution < -0.4 is 5.11 Å². The zero-order valence-corrected chi connectivity index (χ0v) is 12.6. The SMILES string of the molecule is O=C([O-])N1CCC(c2ncc(-c3cccc(C(F)(F)F)c3)[nH]2)CC1. The van der Waals surface area contributed by atoms with Gasteiger partial charge < -0.3 is 19.8 Å². The predicted molar refractivity (Wildman–Crippen MR) is 78.0 cm³/mol. The van der Waals surface area contributed by atoms with Gasteiger partial charge in [-0.1, -0.05) is 12.1 Å². The largest absolute Gasteiger partial charge is 0.530 e. The number of carbonyl (C=O) groups excluding carboxylic acids is 1. The van der Waals surface area contributed by atoms with Crippen molar-refractivity contribution in [1.82, 2.24) is 14.9 Å². The standard InChI is InChI=1S/C16H16F3N3O2/c17-16(18,19)12-3-1-2-11(8-12)13-9-20-14(21-13)10-4-6-22(7-5-10)15(23)24/h1-3,8-10H,4-7H2,(H,20,21)(H,23,24)/p-1. The van der Waals surface area contributed by atoms with Crippen LogP contribution in [0.1, 0.15) is 30.1 Å². The van der Waals surface area contributed by atoms with Crippen LogP contribution in [0, 0.1) is 0 Å². The van der Waals surface area contributed by atoms with E-state index in [2.05, 4.69) is 9.97 Å². The lowest BCUT2D eigenvalue weighted by Crippen LogP contribution is -2.45. The molecule has 1 amide bonds. The Morgan fingerprint density at radius 3 is 2.62 bits per heavy atom. The number of piperidine rings is 1. The number of likely N-dealkylation sites (tertiary alicyclic amines) is 1. The van der Waals surface area contributed by atoms with E-state index in [1.54, 1.807) is 6.07 Å². The normalized spacial score (nSPS) is 16.4. The third-order valence-electron chi connectivity index (χ3n) is 4.24. The zero-order valence-electron chi connectivity index (χ0n) is 12.6. The van der Waals surface area contributed by atoms with Crippen LogP contribution in [0.4, 0.5) is 18.0 Å². The van der Waals surface area contributed by atoms with E-state index in [0.717, 1.165) is 12.1 Å². The van der Waals surface area contributed by atoms with Gasteiger partial charge in [0, 0.05) is 24.6 Å². The summed E-state index contributed by atoms with van der Waals surface area (Å²) in [6.07, 6.45) is -2.86. The van der Waals surface area contributed by atoms with Gasteiger partial charge in [-0.05, 0) is 25.0 Å². The van der Waals surface area contributed by atoms with Crippen LogP contribution in [0.2, 0.25) is 0 Å². The molecule has 0 saturated carbocycles. The fraction of sp³-hybridized carbons (Fsp3) is 0.375. The third kappa shape index (κ3) is 3.37. The molecule has 0 radical (unpaired) electrons. The van der Waals surface area contributed by atoms with Crippen LogP contribution in [-0.2, 0) is 6.18 Å². The van der Waals surface area contributed by atoms with Crippen molar-refractivity contribution in [3.63, 3.8) is 0 Å². The second-order valence-electron chi connectivity index (χ2n) is 5.79. The Balaban J connectivity index is 1.76. The van der Waals surface area contributed by atoms with E-state index in [1.807, 2.05) is 0 Å². The monoisotopic (exact) mass is 338 g/mol. The summed E-state index contributed by atoms with van der Waals surface area (Å²) in [5.41, 5.74) is 0.215. The van der Waals surface area contributed by atoms with Gasteiger partial charge >= 0.3 is 6.18 Å². The molecule has 1 aromatic carbocycles. The molecule has 1 aliphatic heterocycles. The number of rotatable bonds is 2. The number of nitrogens with zero attached hydrogens (tertiary/aromatic N) is 2. The van der Waals surface area contributed by atoms with Crippen molar-refractivity contribution in [2.24, 2.45) is 0 Å². The lowest BCUT2D eigenvalue weighted by molar-refractivity contribution is -0.266. The molecule has 3 rings (SSSR count). The molecule has 24 heavy (non-hydrogen) atoms.